The molecular weight excluding hydrogens is 368 g/mol. The number of hydrogen-bond donors (Lipinski definition) is 1. The molecule has 1 saturated carbocycles. The van der Waals surface area contributed by atoms with Crippen LogP contribution in [0.3, 0.4) is 0 Å². The number of rotatable bonds is 6. The molecule has 0 saturated heterocycles. The van der Waals surface area contributed by atoms with E-state index >= 15 is 0 Å². The zero-order valence-corrected chi connectivity index (χ0v) is 17.7. The van der Waals surface area contributed by atoms with Gasteiger partial charge in [-0.1, -0.05) is 56.6 Å². The number of halogens is 1. The van der Waals surface area contributed by atoms with Crippen molar-refractivity contribution in [3.63, 3.8) is 0 Å². The van der Waals surface area contributed by atoms with Crippen LogP contribution in [0.5, 0.6) is 0 Å². The number of methoxy groups -OCH3 is 1. The fraction of sp³-hybridized carbons (Fsp3) is 0.375. The number of H-pyrrole nitrogens is 1. The SMILES string of the molecule is COCC(C)(C)c1ccc2[nH]c(/C=C(/c3ccccc3Cl)C3(C)CC3)nc2c1. The molecule has 1 N–H and O–H groups in total. The molecule has 1 fully saturated rings. The fourth-order valence-electron chi connectivity index (χ4n) is 3.81. The summed E-state index contributed by atoms with van der Waals surface area (Å²) in [5.74, 6) is 0.875. The molecule has 4 rings (SSSR count). The summed E-state index contributed by atoms with van der Waals surface area (Å²) in [7, 11) is 1.74. The summed E-state index contributed by atoms with van der Waals surface area (Å²) in [6.07, 6.45) is 4.54. The van der Waals surface area contributed by atoms with Crippen LogP contribution in [0.4, 0.5) is 0 Å². The molecule has 4 heteroatoms. The topological polar surface area (TPSA) is 37.9 Å². The first-order valence-corrected chi connectivity index (χ1v) is 10.2. The van der Waals surface area contributed by atoms with Gasteiger partial charge in [-0.2, -0.15) is 0 Å². The molecule has 1 heterocycles. The normalized spacial score (nSPS) is 16.5. The van der Waals surface area contributed by atoms with Gasteiger partial charge in [0.1, 0.15) is 5.82 Å². The highest BCUT2D eigenvalue weighted by Crippen LogP contribution is 2.56. The van der Waals surface area contributed by atoms with Crippen LogP contribution in [-0.4, -0.2) is 23.7 Å². The highest BCUT2D eigenvalue weighted by molar-refractivity contribution is 6.32. The van der Waals surface area contributed by atoms with Gasteiger partial charge >= 0.3 is 0 Å². The highest BCUT2D eigenvalue weighted by Gasteiger charge is 2.42. The third kappa shape index (κ3) is 3.61. The Balaban J connectivity index is 1.76. The first-order valence-electron chi connectivity index (χ1n) is 9.79. The lowest BCUT2D eigenvalue weighted by atomic mass is 9.85. The third-order valence-corrected chi connectivity index (χ3v) is 6.21. The van der Waals surface area contributed by atoms with Crippen molar-refractivity contribution in [3.8, 4) is 0 Å². The van der Waals surface area contributed by atoms with Crippen LogP contribution in [0.1, 0.15) is 50.6 Å². The molecule has 0 atom stereocenters. The van der Waals surface area contributed by atoms with Gasteiger partial charge in [-0.3, -0.25) is 0 Å². The maximum atomic E-state index is 6.52. The maximum Gasteiger partial charge on any atom is 0.131 e. The second-order valence-electron chi connectivity index (χ2n) is 8.77. The summed E-state index contributed by atoms with van der Waals surface area (Å²) in [6.45, 7) is 7.35. The van der Waals surface area contributed by atoms with Gasteiger partial charge in [0.2, 0.25) is 0 Å². The van der Waals surface area contributed by atoms with Crippen molar-refractivity contribution in [1.29, 1.82) is 0 Å². The molecule has 146 valence electrons. The monoisotopic (exact) mass is 394 g/mol. The van der Waals surface area contributed by atoms with Gasteiger partial charge < -0.3 is 9.72 Å². The van der Waals surface area contributed by atoms with E-state index < -0.39 is 0 Å². The van der Waals surface area contributed by atoms with E-state index in [1.807, 2.05) is 18.2 Å². The quantitative estimate of drug-likeness (QED) is 0.519. The minimum atomic E-state index is -0.0535. The van der Waals surface area contributed by atoms with Crippen LogP contribution in [0.2, 0.25) is 5.02 Å². The molecule has 3 nitrogen and oxygen atoms in total. The van der Waals surface area contributed by atoms with Crippen LogP contribution in [-0.2, 0) is 10.2 Å². The number of benzene rings is 2. The van der Waals surface area contributed by atoms with Crippen molar-refractivity contribution in [2.24, 2.45) is 5.41 Å². The Labute approximate surface area is 171 Å². The molecule has 0 bridgehead atoms. The Bertz CT molecular complexity index is 1040. The molecular formula is C24H27ClN2O. The van der Waals surface area contributed by atoms with E-state index in [-0.39, 0.29) is 10.8 Å². The lowest BCUT2D eigenvalue weighted by Crippen LogP contribution is -2.23. The molecule has 1 aliphatic rings. The average Bonchev–Trinajstić information content (AvgIpc) is 3.26. The molecule has 3 aromatic rings. The minimum Gasteiger partial charge on any atom is -0.384 e. The molecule has 2 aromatic carbocycles. The van der Waals surface area contributed by atoms with Crippen LogP contribution in [0.25, 0.3) is 22.7 Å². The van der Waals surface area contributed by atoms with Gasteiger partial charge in [0.05, 0.1) is 17.6 Å². The second-order valence-corrected chi connectivity index (χ2v) is 9.18. The Hall–Kier alpha value is -2.10. The minimum absolute atomic E-state index is 0.0535. The van der Waals surface area contributed by atoms with Crippen LogP contribution in [0.15, 0.2) is 42.5 Å². The van der Waals surface area contributed by atoms with E-state index in [4.69, 9.17) is 21.3 Å². The van der Waals surface area contributed by atoms with E-state index in [0.29, 0.717) is 6.61 Å². The van der Waals surface area contributed by atoms with E-state index in [2.05, 4.69) is 56.1 Å². The van der Waals surface area contributed by atoms with Gasteiger partial charge in [0, 0.05) is 17.5 Å². The number of allylic oxidation sites excluding steroid dienone is 1. The van der Waals surface area contributed by atoms with Gasteiger partial charge in [0.25, 0.3) is 0 Å². The third-order valence-electron chi connectivity index (χ3n) is 5.88. The zero-order valence-electron chi connectivity index (χ0n) is 17.0. The first kappa shape index (κ1) is 19.2. The predicted octanol–water partition coefficient (Wildman–Crippen LogP) is 6.48. The van der Waals surface area contributed by atoms with E-state index in [9.17, 15) is 0 Å². The first-order chi connectivity index (χ1) is 13.3. The van der Waals surface area contributed by atoms with Crippen LogP contribution < -0.4 is 0 Å². The number of fused-ring (bicyclic) bond motifs is 1. The van der Waals surface area contributed by atoms with Crippen molar-refractivity contribution in [2.75, 3.05) is 13.7 Å². The summed E-state index contributed by atoms with van der Waals surface area (Å²) in [4.78, 5) is 8.33. The molecule has 0 spiro atoms. The molecule has 28 heavy (non-hydrogen) atoms. The number of nitrogens with one attached hydrogen (secondary N) is 1. The Kier molecular flexibility index (Phi) is 4.84. The van der Waals surface area contributed by atoms with Crippen molar-refractivity contribution in [3.05, 3.63) is 64.4 Å². The van der Waals surface area contributed by atoms with E-state index in [1.54, 1.807) is 7.11 Å². The van der Waals surface area contributed by atoms with Crippen molar-refractivity contribution < 1.29 is 4.74 Å². The number of aromatic amines is 1. The summed E-state index contributed by atoms with van der Waals surface area (Å²) >= 11 is 6.52. The van der Waals surface area contributed by atoms with E-state index in [1.165, 1.54) is 24.0 Å². The van der Waals surface area contributed by atoms with Crippen molar-refractivity contribution in [1.82, 2.24) is 9.97 Å². The largest absolute Gasteiger partial charge is 0.384 e. The predicted molar refractivity (Wildman–Crippen MR) is 118 cm³/mol. The molecule has 0 amide bonds. The van der Waals surface area contributed by atoms with Gasteiger partial charge in [-0.15, -0.1) is 0 Å². The Morgan fingerprint density at radius 1 is 1.25 bits per heavy atom. The van der Waals surface area contributed by atoms with Crippen molar-refractivity contribution >= 4 is 34.3 Å². The number of hydrogen-bond acceptors (Lipinski definition) is 2. The Morgan fingerprint density at radius 3 is 2.68 bits per heavy atom. The highest BCUT2D eigenvalue weighted by atomic mass is 35.5. The number of ether oxygens (including phenoxy) is 1. The lowest BCUT2D eigenvalue weighted by Gasteiger charge is -2.24. The molecule has 0 radical (unpaired) electrons. The van der Waals surface area contributed by atoms with Crippen LogP contribution in [0, 0.1) is 5.41 Å². The number of nitrogens with zero attached hydrogens (tertiary/aromatic N) is 1. The molecule has 0 unspecified atom stereocenters. The average molecular weight is 395 g/mol. The van der Waals surface area contributed by atoms with Gasteiger partial charge in [-0.05, 0) is 59.2 Å². The van der Waals surface area contributed by atoms with Gasteiger partial charge in [0.15, 0.2) is 0 Å². The summed E-state index contributed by atoms with van der Waals surface area (Å²) in [6, 6.07) is 14.5. The standard InChI is InChI=1S/C24H27ClN2O/c1-23(2,15-28-4)16-9-10-20-21(13-16)27-22(26-20)14-18(24(3)11-12-24)17-7-5-6-8-19(17)25/h5-10,13-14H,11-12,15H2,1-4H3,(H,26,27)/b18-14-. The zero-order chi connectivity index (χ0) is 19.9. The fourth-order valence-corrected chi connectivity index (χ4v) is 4.05. The van der Waals surface area contributed by atoms with E-state index in [0.717, 1.165) is 27.4 Å². The second kappa shape index (κ2) is 7.06. The number of aromatic nitrogens is 2. The van der Waals surface area contributed by atoms with Gasteiger partial charge in [-0.25, -0.2) is 4.98 Å². The molecule has 1 aromatic heterocycles. The smallest absolute Gasteiger partial charge is 0.131 e. The summed E-state index contributed by atoms with van der Waals surface area (Å²) in [5, 5.41) is 0.793. The Morgan fingerprint density at radius 2 is 2.00 bits per heavy atom. The molecule has 1 aliphatic carbocycles. The molecule has 0 aliphatic heterocycles. The summed E-state index contributed by atoms with van der Waals surface area (Å²) < 4.78 is 5.39. The van der Waals surface area contributed by atoms with Crippen molar-refractivity contribution in [2.45, 2.75) is 39.0 Å². The lowest BCUT2D eigenvalue weighted by molar-refractivity contribution is 0.147. The van der Waals surface area contributed by atoms with Crippen LogP contribution >= 0.6 is 11.6 Å². The summed E-state index contributed by atoms with van der Waals surface area (Å²) in [5.41, 5.74) is 5.74. The maximum absolute atomic E-state index is 6.52. The number of imidazole rings is 1.